The lowest BCUT2D eigenvalue weighted by atomic mass is 9.76. The summed E-state index contributed by atoms with van der Waals surface area (Å²) >= 11 is 0. The highest BCUT2D eigenvalue weighted by atomic mass is 19.1. The van der Waals surface area contributed by atoms with Crippen LogP contribution in [-0.2, 0) is 5.54 Å². The van der Waals surface area contributed by atoms with Gasteiger partial charge in [0, 0.05) is 11.1 Å². The average molecular weight is 265 g/mol. The standard InChI is InChI=1S/C16H24FNO/c1-12(2)16(9-5-4-6-10-18-16)14-11-13(17)7-8-15(14)19-3/h7-8,11-12,18H,4-6,9-10H2,1-3H3. The van der Waals surface area contributed by atoms with Crippen LogP contribution in [0.4, 0.5) is 4.39 Å². The monoisotopic (exact) mass is 265 g/mol. The van der Waals surface area contributed by atoms with E-state index in [9.17, 15) is 4.39 Å². The Labute approximate surface area is 115 Å². The van der Waals surface area contributed by atoms with E-state index in [0.29, 0.717) is 5.92 Å². The normalized spacial score (nSPS) is 24.3. The maximum atomic E-state index is 13.7. The quantitative estimate of drug-likeness (QED) is 0.896. The van der Waals surface area contributed by atoms with Crippen molar-refractivity contribution >= 4 is 0 Å². The number of hydrogen-bond donors (Lipinski definition) is 1. The van der Waals surface area contributed by atoms with Gasteiger partial charge in [0.15, 0.2) is 0 Å². The third kappa shape index (κ3) is 2.76. The molecule has 0 spiro atoms. The van der Waals surface area contributed by atoms with E-state index in [1.54, 1.807) is 19.2 Å². The van der Waals surface area contributed by atoms with E-state index in [1.165, 1.54) is 25.3 Å². The molecule has 1 aromatic carbocycles. The van der Waals surface area contributed by atoms with Crippen LogP contribution >= 0.6 is 0 Å². The maximum Gasteiger partial charge on any atom is 0.124 e. The van der Waals surface area contributed by atoms with Crippen molar-refractivity contribution in [3.05, 3.63) is 29.6 Å². The molecular formula is C16H24FNO. The first kappa shape index (κ1) is 14.3. The van der Waals surface area contributed by atoms with Crippen molar-refractivity contribution in [3.63, 3.8) is 0 Å². The Morgan fingerprint density at radius 2 is 2.05 bits per heavy atom. The van der Waals surface area contributed by atoms with Crippen molar-refractivity contribution in [2.75, 3.05) is 13.7 Å². The summed E-state index contributed by atoms with van der Waals surface area (Å²) in [5.41, 5.74) is 0.788. The van der Waals surface area contributed by atoms with Crippen molar-refractivity contribution in [3.8, 4) is 5.75 Å². The third-order valence-electron chi connectivity index (χ3n) is 4.32. The smallest absolute Gasteiger partial charge is 0.124 e. The van der Waals surface area contributed by atoms with Gasteiger partial charge in [0.25, 0.3) is 0 Å². The SMILES string of the molecule is COc1ccc(F)cc1C1(C(C)C)CCCCCN1. The largest absolute Gasteiger partial charge is 0.496 e. The zero-order valence-corrected chi connectivity index (χ0v) is 12.1. The summed E-state index contributed by atoms with van der Waals surface area (Å²) in [5.74, 6) is 0.979. The summed E-state index contributed by atoms with van der Waals surface area (Å²) in [6.07, 6.45) is 4.63. The first-order valence-electron chi connectivity index (χ1n) is 7.19. The second-order valence-corrected chi connectivity index (χ2v) is 5.71. The molecule has 1 fully saturated rings. The minimum atomic E-state index is -0.193. The van der Waals surface area contributed by atoms with E-state index in [-0.39, 0.29) is 11.4 Å². The van der Waals surface area contributed by atoms with Crippen LogP contribution < -0.4 is 10.1 Å². The van der Waals surface area contributed by atoms with Gasteiger partial charge in [-0.1, -0.05) is 26.7 Å². The second-order valence-electron chi connectivity index (χ2n) is 5.71. The zero-order chi connectivity index (χ0) is 13.9. The van der Waals surface area contributed by atoms with E-state index >= 15 is 0 Å². The number of rotatable bonds is 3. The maximum absolute atomic E-state index is 13.7. The zero-order valence-electron chi connectivity index (χ0n) is 12.1. The molecule has 1 heterocycles. The Morgan fingerprint density at radius 1 is 1.26 bits per heavy atom. The molecule has 1 N–H and O–H groups in total. The van der Waals surface area contributed by atoms with Crippen LogP contribution in [0.25, 0.3) is 0 Å². The van der Waals surface area contributed by atoms with E-state index in [4.69, 9.17) is 4.74 Å². The Bertz CT molecular complexity index is 423. The fourth-order valence-electron chi connectivity index (χ4n) is 3.17. The molecule has 0 radical (unpaired) electrons. The molecule has 0 aromatic heterocycles. The van der Waals surface area contributed by atoms with Crippen LogP contribution in [0.5, 0.6) is 5.75 Å². The molecule has 2 nitrogen and oxygen atoms in total. The number of benzene rings is 1. The first-order chi connectivity index (χ1) is 9.10. The number of hydrogen-bond acceptors (Lipinski definition) is 2. The fraction of sp³-hybridized carbons (Fsp3) is 0.625. The molecule has 106 valence electrons. The molecule has 3 heteroatoms. The summed E-state index contributed by atoms with van der Waals surface area (Å²) in [6.45, 7) is 5.38. The molecule has 2 rings (SSSR count). The van der Waals surface area contributed by atoms with Gasteiger partial charge in [0.05, 0.1) is 7.11 Å². The predicted molar refractivity (Wildman–Crippen MR) is 75.9 cm³/mol. The minimum absolute atomic E-state index is 0.177. The van der Waals surface area contributed by atoms with Crippen LogP contribution in [0.15, 0.2) is 18.2 Å². The predicted octanol–water partition coefficient (Wildman–Crippen LogP) is 3.85. The van der Waals surface area contributed by atoms with Crippen LogP contribution in [-0.4, -0.2) is 13.7 Å². The highest BCUT2D eigenvalue weighted by Gasteiger charge is 2.38. The van der Waals surface area contributed by atoms with Gasteiger partial charge < -0.3 is 10.1 Å². The summed E-state index contributed by atoms with van der Waals surface area (Å²) < 4.78 is 19.2. The van der Waals surface area contributed by atoms with E-state index in [2.05, 4.69) is 19.2 Å². The summed E-state index contributed by atoms with van der Waals surface area (Å²) in [6, 6.07) is 4.84. The van der Waals surface area contributed by atoms with Crippen molar-refractivity contribution in [1.82, 2.24) is 5.32 Å². The molecule has 1 atom stereocenters. The van der Waals surface area contributed by atoms with Gasteiger partial charge in [-0.3, -0.25) is 0 Å². The summed E-state index contributed by atoms with van der Waals surface area (Å²) in [5, 5.41) is 3.67. The minimum Gasteiger partial charge on any atom is -0.496 e. The lowest BCUT2D eigenvalue weighted by Gasteiger charge is -2.39. The van der Waals surface area contributed by atoms with Gasteiger partial charge in [-0.05, 0) is 43.5 Å². The molecular weight excluding hydrogens is 241 g/mol. The molecule has 0 aliphatic carbocycles. The van der Waals surface area contributed by atoms with E-state index < -0.39 is 0 Å². The van der Waals surface area contributed by atoms with E-state index in [1.807, 2.05) is 0 Å². The van der Waals surface area contributed by atoms with Gasteiger partial charge in [-0.2, -0.15) is 0 Å². The fourth-order valence-corrected chi connectivity index (χ4v) is 3.17. The summed E-state index contributed by atoms with van der Waals surface area (Å²) in [7, 11) is 1.65. The summed E-state index contributed by atoms with van der Waals surface area (Å²) in [4.78, 5) is 0. The Balaban J connectivity index is 2.51. The van der Waals surface area contributed by atoms with Crippen molar-refractivity contribution in [2.24, 2.45) is 5.92 Å². The lowest BCUT2D eigenvalue weighted by Crippen LogP contribution is -2.46. The van der Waals surface area contributed by atoms with E-state index in [0.717, 1.165) is 24.3 Å². The molecule has 1 saturated heterocycles. The molecule has 19 heavy (non-hydrogen) atoms. The Morgan fingerprint density at radius 3 is 2.74 bits per heavy atom. The third-order valence-corrected chi connectivity index (χ3v) is 4.32. The van der Waals surface area contributed by atoms with Crippen molar-refractivity contribution < 1.29 is 9.13 Å². The molecule has 0 saturated carbocycles. The molecule has 1 aliphatic heterocycles. The molecule has 1 aliphatic rings. The van der Waals surface area contributed by atoms with Gasteiger partial charge in [-0.25, -0.2) is 4.39 Å². The number of methoxy groups -OCH3 is 1. The highest BCUT2D eigenvalue weighted by Crippen LogP contribution is 2.41. The molecule has 1 unspecified atom stereocenters. The molecule has 0 bridgehead atoms. The van der Waals surface area contributed by atoms with Crippen LogP contribution in [0.2, 0.25) is 0 Å². The highest BCUT2D eigenvalue weighted by molar-refractivity contribution is 5.40. The van der Waals surface area contributed by atoms with Crippen molar-refractivity contribution in [2.45, 2.75) is 45.1 Å². The molecule has 1 aromatic rings. The van der Waals surface area contributed by atoms with Gasteiger partial charge in [-0.15, -0.1) is 0 Å². The van der Waals surface area contributed by atoms with Crippen LogP contribution in [0.1, 0.15) is 45.1 Å². The lowest BCUT2D eigenvalue weighted by molar-refractivity contribution is 0.221. The van der Waals surface area contributed by atoms with Gasteiger partial charge in [0.1, 0.15) is 11.6 Å². The number of nitrogens with one attached hydrogen (secondary N) is 1. The second kappa shape index (κ2) is 5.91. The Kier molecular flexibility index (Phi) is 4.46. The number of halogens is 1. The average Bonchev–Trinajstić information content (AvgIpc) is 2.65. The van der Waals surface area contributed by atoms with Crippen LogP contribution in [0.3, 0.4) is 0 Å². The number of ether oxygens (including phenoxy) is 1. The molecule has 0 amide bonds. The topological polar surface area (TPSA) is 21.3 Å². The van der Waals surface area contributed by atoms with Crippen molar-refractivity contribution in [1.29, 1.82) is 0 Å². The van der Waals surface area contributed by atoms with Gasteiger partial charge >= 0.3 is 0 Å². The van der Waals surface area contributed by atoms with Crippen LogP contribution in [0, 0.1) is 11.7 Å². The first-order valence-corrected chi connectivity index (χ1v) is 7.19. The Hall–Kier alpha value is -1.09. The van der Waals surface area contributed by atoms with Gasteiger partial charge in [0.2, 0.25) is 0 Å².